The quantitative estimate of drug-likeness (QED) is 0.635. The molecule has 0 spiro atoms. The molecule has 0 saturated heterocycles. The molecule has 0 heterocycles. The van der Waals surface area contributed by atoms with Gasteiger partial charge >= 0.3 is 5.97 Å². The van der Waals surface area contributed by atoms with Gasteiger partial charge in [-0.2, -0.15) is 0 Å². The number of likely N-dealkylation sites (N-methyl/N-ethyl adjacent to an activating group) is 1. The number of carbonyl (C=O) groups excluding carboxylic acids is 2. The van der Waals surface area contributed by atoms with Crippen LogP contribution in [0, 0.1) is 5.41 Å². The van der Waals surface area contributed by atoms with Gasteiger partial charge in [-0.25, -0.2) is 0 Å². The first-order valence-corrected chi connectivity index (χ1v) is 6.27. The third kappa shape index (κ3) is 3.72. The minimum Gasteiger partial charge on any atom is -0.481 e. The second-order valence-electron chi connectivity index (χ2n) is 4.70. The number of rotatable bonds is 6. The molecule has 0 unspecified atom stereocenters. The normalized spacial score (nSPS) is 17.2. The predicted octanol–water partition coefficient (Wildman–Crippen LogP) is 0.274. The second-order valence-corrected chi connectivity index (χ2v) is 4.70. The SMILES string of the molecule is CCNC(=O)CNC(=O)CC1(C(=O)O)CCCC1. The summed E-state index contributed by atoms with van der Waals surface area (Å²) in [5.74, 6) is -1.54. The topological polar surface area (TPSA) is 95.5 Å². The highest BCUT2D eigenvalue weighted by atomic mass is 16.4. The number of nitrogens with one attached hydrogen (secondary N) is 2. The largest absolute Gasteiger partial charge is 0.481 e. The highest BCUT2D eigenvalue weighted by molar-refractivity contribution is 5.88. The van der Waals surface area contributed by atoms with Gasteiger partial charge in [-0.05, 0) is 19.8 Å². The fraction of sp³-hybridized carbons (Fsp3) is 0.750. The third-order valence-corrected chi connectivity index (χ3v) is 3.33. The van der Waals surface area contributed by atoms with Gasteiger partial charge in [0.25, 0.3) is 0 Å². The van der Waals surface area contributed by atoms with Crippen LogP contribution in [0.3, 0.4) is 0 Å². The van der Waals surface area contributed by atoms with E-state index in [2.05, 4.69) is 10.6 Å². The van der Waals surface area contributed by atoms with Crippen molar-refractivity contribution in [1.82, 2.24) is 10.6 Å². The monoisotopic (exact) mass is 256 g/mol. The summed E-state index contributed by atoms with van der Waals surface area (Å²) in [5.41, 5.74) is -0.925. The van der Waals surface area contributed by atoms with E-state index in [1.807, 2.05) is 0 Å². The summed E-state index contributed by atoms with van der Waals surface area (Å²) in [5, 5.41) is 14.2. The summed E-state index contributed by atoms with van der Waals surface area (Å²) < 4.78 is 0. The average molecular weight is 256 g/mol. The maximum absolute atomic E-state index is 11.7. The van der Waals surface area contributed by atoms with Crippen LogP contribution in [0.1, 0.15) is 39.0 Å². The molecular formula is C12H20N2O4. The number of amides is 2. The molecule has 1 rings (SSSR count). The van der Waals surface area contributed by atoms with Crippen LogP contribution in [0.5, 0.6) is 0 Å². The molecule has 3 N–H and O–H groups in total. The van der Waals surface area contributed by atoms with E-state index in [1.54, 1.807) is 6.92 Å². The first-order valence-electron chi connectivity index (χ1n) is 6.27. The number of hydrogen-bond donors (Lipinski definition) is 3. The molecule has 1 fully saturated rings. The lowest BCUT2D eigenvalue weighted by Crippen LogP contribution is -2.40. The van der Waals surface area contributed by atoms with Crippen LogP contribution in [0.2, 0.25) is 0 Å². The molecule has 0 bridgehead atoms. The molecule has 0 aliphatic heterocycles. The van der Waals surface area contributed by atoms with Crippen LogP contribution in [0.4, 0.5) is 0 Å². The van der Waals surface area contributed by atoms with Gasteiger partial charge in [-0.1, -0.05) is 12.8 Å². The summed E-state index contributed by atoms with van der Waals surface area (Å²) in [6.07, 6.45) is 2.72. The van der Waals surface area contributed by atoms with Gasteiger partial charge in [0, 0.05) is 13.0 Å². The van der Waals surface area contributed by atoms with Crippen LogP contribution in [-0.4, -0.2) is 36.0 Å². The molecule has 6 heteroatoms. The Kier molecular flexibility index (Phi) is 5.12. The summed E-state index contributed by atoms with van der Waals surface area (Å²) in [7, 11) is 0. The Morgan fingerprint density at radius 3 is 2.22 bits per heavy atom. The van der Waals surface area contributed by atoms with Gasteiger partial charge in [-0.3, -0.25) is 14.4 Å². The zero-order valence-electron chi connectivity index (χ0n) is 10.6. The average Bonchev–Trinajstić information content (AvgIpc) is 2.77. The molecule has 6 nitrogen and oxygen atoms in total. The van der Waals surface area contributed by atoms with E-state index >= 15 is 0 Å². The molecule has 2 amide bonds. The van der Waals surface area contributed by atoms with Crippen molar-refractivity contribution >= 4 is 17.8 Å². The van der Waals surface area contributed by atoms with Gasteiger partial charge < -0.3 is 15.7 Å². The van der Waals surface area contributed by atoms with Crippen LogP contribution in [0.15, 0.2) is 0 Å². The molecule has 0 aromatic heterocycles. The molecule has 1 aliphatic rings. The minimum absolute atomic E-state index is 0.0399. The molecule has 0 radical (unpaired) electrons. The van der Waals surface area contributed by atoms with Crippen molar-refractivity contribution in [3.05, 3.63) is 0 Å². The van der Waals surface area contributed by atoms with Crippen LogP contribution < -0.4 is 10.6 Å². The zero-order chi connectivity index (χ0) is 13.6. The van der Waals surface area contributed by atoms with Gasteiger partial charge in [0.2, 0.25) is 11.8 Å². The Morgan fingerprint density at radius 2 is 1.72 bits per heavy atom. The van der Waals surface area contributed by atoms with Gasteiger partial charge in [0.1, 0.15) is 0 Å². The molecule has 0 aromatic carbocycles. The maximum Gasteiger partial charge on any atom is 0.310 e. The van der Waals surface area contributed by atoms with Crippen LogP contribution in [0.25, 0.3) is 0 Å². The van der Waals surface area contributed by atoms with Gasteiger partial charge in [0.15, 0.2) is 0 Å². The predicted molar refractivity (Wildman–Crippen MR) is 64.8 cm³/mol. The van der Waals surface area contributed by atoms with E-state index in [0.29, 0.717) is 19.4 Å². The van der Waals surface area contributed by atoms with Crippen molar-refractivity contribution in [3.63, 3.8) is 0 Å². The smallest absolute Gasteiger partial charge is 0.310 e. The van der Waals surface area contributed by atoms with E-state index in [0.717, 1.165) is 12.8 Å². The molecule has 0 aromatic rings. The Hall–Kier alpha value is -1.59. The first kappa shape index (κ1) is 14.5. The molecule has 1 saturated carbocycles. The Morgan fingerprint density at radius 1 is 1.11 bits per heavy atom. The van der Waals surface area contributed by atoms with E-state index in [4.69, 9.17) is 0 Å². The number of carboxylic acid groups (broad SMARTS) is 1. The van der Waals surface area contributed by atoms with E-state index in [-0.39, 0.29) is 24.8 Å². The van der Waals surface area contributed by atoms with Crippen LogP contribution in [-0.2, 0) is 14.4 Å². The lowest BCUT2D eigenvalue weighted by molar-refractivity contribution is -0.151. The second kappa shape index (κ2) is 6.37. The molecular weight excluding hydrogens is 236 g/mol. The van der Waals surface area contributed by atoms with Crippen molar-refractivity contribution < 1.29 is 19.5 Å². The molecule has 102 valence electrons. The first-order chi connectivity index (χ1) is 8.50. The van der Waals surface area contributed by atoms with Gasteiger partial charge in [0.05, 0.1) is 12.0 Å². The number of carbonyl (C=O) groups is 3. The summed E-state index contributed by atoms with van der Waals surface area (Å²) in [6.45, 7) is 2.20. The lowest BCUT2D eigenvalue weighted by Gasteiger charge is -2.22. The lowest BCUT2D eigenvalue weighted by atomic mass is 9.82. The minimum atomic E-state index is -0.925. The highest BCUT2D eigenvalue weighted by Crippen LogP contribution is 2.41. The van der Waals surface area contributed by atoms with E-state index < -0.39 is 11.4 Å². The maximum atomic E-state index is 11.7. The van der Waals surface area contributed by atoms with Crippen molar-refractivity contribution in [2.75, 3.05) is 13.1 Å². The molecule has 0 atom stereocenters. The summed E-state index contributed by atoms with van der Waals surface area (Å²) >= 11 is 0. The van der Waals surface area contributed by atoms with Gasteiger partial charge in [-0.15, -0.1) is 0 Å². The Labute approximate surface area is 106 Å². The zero-order valence-corrected chi connectivity index (χ0v) is 10.6. The van der Waals surface area contributed by atoms with Crippen molar-refractivity contribution in [2.24, 2.45) is 5.41 Å². The number of hydrogen-bond acceptors (Lipinski definition) is 3. The molecule has 1 aliphatic carbocycles. The summed E-state index contributed by atoms with van der Waals surface area (Å²) in [6, 6.07) is 0. The van der Waals surface area contributed by atoms with E-state index in [1.165, 1.54) is 0 Å². The van der Waals surface area contributed by atoms with Crippen molar-refractivity contribution in [2.45, 2.75) is 39.0 Å². The Balaban J connectivity index is 2.43. The summed E-state index contributed by atoms with van der Waals surface area (Å²) in [4.78, 5) is 34.1. The molecule has 18 heavy (non-hydrogen) atoms. The third-order valence-electron chi connectivity index (χ3n) is 3.33. The Bertz CT molecular complexity index is 335. The number of carboxylic acids is 1. The number of aliphatic carboxylic acids is 1. The van der Waals surface area contributed by atoms with Crippen LogP contribution >= 0.6 is 0 Å². The fourth-order valence-corrected chi connectivity index (χ4v) is 2.33. The highest BCUT2D eigenvalue weighted by Gasteiger charge is 2.42. The fourth-order valence-electron chi connectivity index (χ4n) is 2.33. The van der Waals surface area contributed by atoms with Crippen molar-refractivity contribution in [3.8, 4) is 0 Å². The standard InChI is InChI=1S/C12H20N2O4/c1-2-13-10(16)8-14-9(15)7-12(11(17)18)5-3-4-6-12/h2-8H2,1H3,(H,13,16)(H,14,15)(H,17,18). The van der Waals surface area contributed by atoms with Crippen molar-refractivity contribution in [1.29, 1.82) is 0 Å². The van der Waals surface area contributed by atoms with E-state index in [9.17, 15) is 19.5 Å².